The van der Waals surface area contributed by atoms with Crippen molar-refractivity contribution in [3.63, 3.8) is 0 Å². The molecule has 0 bridgehead atoms. The maximum atomic E-state index is 11.4. The molecule has 0 aliphatic rings. The van der Waals surface area contributed by atoms with Crippen LogP contribution in [-0.2, 0) is 0 Å². The Kier molecular flexibility index (Phi) is 2.55. The first kappa shape index (κ1) is 9.92. The van der Waals surface area contributed by atoms with Crippen molar-refractivity contribution in [3.8, 4) is 11.5 Å². The van der Waals surface area contributed by atoms with Gasteiger partial charge in [0.15, 0.2) is 5.43 Å². The van der Waals surface area contributed by atoms with Crippen molar-refractivity contribution in [2.75, 3.05) is 0 Å². The molecule has 2 heterocycles. The molecule has 0 spiro atoms. The minimum atomic E-state index is -0.367. The molecule has 1 atom stereocenters. The minimum Gasteiger partial charge on any atom is -0.419 e. The molecular weight excluding hydrogens is 218 g/mol. The van der Waals surface area contributed by atoms with Gasteiger partial charge in [0.25, 0.3) is 5.89 Å². The summed E-state index contributed by atoms with van der Waals surface area (Å²) in [6, 6.07) is 1.39. The first-order valence-electron chi connectivity index (χ1n) is 4.33. The number of aromatic nitrogens is 3. The number of halogens is 1. The average Bonchev–Trinajstić information content (AvgIpc) is 2.67. The lowest BCUT2D eigenvalue weighted by atomic mass is 10.3. The van der Waals surface area contributed by atoms with Gasteiger partial charge in [-0.15, -0.1) is 21.8 Å². The maximum absolute atomic E-state index is 11.4. The van der Waals surface area contributed by atoms with Gasteiger partial charge in [-0.1, -0.05) is 0 Å². The normalized spacial score (nSPS) is 12.7. The van der Waals surface area contributed by atoms with Crippen molar-refractivity contribution in [3.05, 3.63) is 34.6 Å². The molecule has 0 saturated heterocycles. The topological polar surface area (TPSA) is 71.8 Å². The standard InChI is InChI=1S/C9H8ClN3O2/c1-5(10)8-12-13-9(15-8)6-4-11-3-2-7(6)14/h2-5H,1H3,(H,11,14). The Balaban J connectivity index is 2.47. The van der Waals surface area contributed by atoms with Crippen LogP contribution in [-0.4, -0.2) is 15.2 Å². The molecule has 0 fully saturated rings. The van der Waals surface area contributed by atoms with Gasteiger partial charge in [-0.25, -0.2) is 0 Å². The highest BCUT2D eigenvalue weighted by molar-refractivity contribution is 6.20. The second-order valence-electron chi connectivity index (χ2n) is 2.98. The van der Waals surface area contributed by atoms with Gasteiger partial charge in [0.05, 0.1) is 0 Å². The zero-order valence-corrected chi connectivity index (χ0v) is 8.65. The van der Waals surface area contributed by atoms with Gasteiger partial charge < -0.3 is 9.40 Å². The van der Waals surface area contributed by atoms with Crippen LogP contribution in [0.2, 0.25) is 0 Å². The van der Waals surface area contributed by atoms with Crippen molar-refractivity contribution >= 4 is 11.6 Å². The fraction of sp³-hybridized carbons (Fsp3) is 0.222. The smallest absolute Gasteiger partial charge is 0.253 e. The van der Waals surface area contributed by atoms with E-state index in [9.17, 15) is 4.79 Å². The number of aromatic amines is 1. The van der Waals surface area contributed by atoms with E-state index in [1.165, 1.54) is 18.5 Å². The fourth-order valence-corrected chi connectivity index (χ4v) is 1.18. The lowest BCUT2D eigenvalue weighted by molar-refractivity contribution is 0.506. The van der Waals surface area contributed by atoms with Crippen LogP contribution in [0.15, 0.2) is 27.7 Å². The Hall–Kier alpha value is -1.62. The Bertz CT molecular complexity index is 518. The van der Waals surface area contributed by atoms with Crippen LogP contribution < -0.4 is 5.43 Å². The summed E-state index contributed by atoms with van der Waals surface area (Å²) in [5.74, 6) is 0.481. The molecule has 0 aliphatic heterocycles. The van der Waals surface area contributed by atoms with E-state index in [0.717, 1.165) is 0 Å². The first-order valence-corrected chi connectivity index (χ1v) is 4.77. The van der Waals surface area contributed by atoms with E-state index < -0.39 is 0 Å². The summed E-state index contributed by atoms with van der Waals surface area (Å²) in [5.41, 5.74) is 0.166. The third-order valence-electron chi connectivity index (χ3n) is 1.84. The summed E-state index contributed by atoms with van der Waals surface area (Å²) in [4.78, 5) is 14.2. The minimum absolute atomic E-state index is 0.175. The van der Waals surface area contributed by atoms with Crippen molar-refractivity contribution in [2.45, 2.75) is 12.3 Å². The van der Waals surface area contributed by atoms with Crippen molar-refractivity contribution < 1.29 is 4.42 Å². The summed E-state index contributed by atoms with van der Waals surface area (Å²) in [5, 5.41) is 7.11. The van der Waals surface area contributed by atoms with E-state index in [4.69, 9.17) is 16.0 Å². The highest BCUT2D eigenvalue weighted by atomic mass is 35.5. The van der Waals surface area contributed by atoms with Crippen LogP contribution in [0.3, 0.4) is 0 Å². The van der Waals surface area contributed by atoms with Crippen molar-refractivity contribution in [2.24, 2.45) is 0 Å². The molecule has 1 unspecified atom stereocenters. The predicted octanol–water partition coefficient (Wildman–Crippen LogP) is 1.72. The molecule has 2 rings (SSSR count). The van der Waals surface area contributed by atoms with Gasteiger partial charge >= 0.3 is 0 Å². The second kappa shape index (κ2) is 3.86. The summed E-state index contributed by atoms with van der Waals surface area (Å²) < 4.78 is 5.24. The molecule has 0 amide bonds. The SMILES string of the molecule is CC(Cl)c1nnc(-c2c[nH]ccc2=O)o1. The quantitative estimate of drug-likeness (QED) is 0.790. The van der Waals surface area contributed by atoms with E-state index >= 15 is 0 Å². The molecular formula is C9H8ClN3O2. The molecule has 5 nitrogen and oxygen atoms in total. The average molecular weight is 226 g/mol. The summed E-state index contributed by atoms with van der Waals surface area (Å²) in [6.07, 6.45) is 3.05. The highest BCUT2D eigenvalue weighted by Gasteiger charge is 2.14. The summed E-state index contributed by atoms with van der Waals surface area (Å²) in [7, 11) is 0. The molecule has 1 N–H and O–H groups in total. The number of H-pyrrole nitrogens is 1. The number of hydrogen-bond acceptors (Lipinski definition) is 4. The summed E-state index contributed by atoms with van der Waals surface area (Å²) >= 11 is 5.76. The Labute approximate surface area is 90.1 Å². The number of nitrogens with zero attached hydrogens (tertiary/aromatic N) is 2. The van der Waals surface area contributed by atoms with E-state index in [1.54, 1.807) is 6.92 Å². The number of alkyl halides is 1. The van der Waals surface area contributed by atoms with Gasteiger partial charge in [-0.2, -0.15) is 0 Å². The lowest BCUT2D eigenvalue weighted by Crippen LogP contribution is -2.02. The van der Waals surface area contributed by atoms with Crippen molar-refractivity contribution in [1.82, 2.24) is 15.2 Å². The van der Waals surface area contributed by atoms with E-state index in [2.05, 4.69) is 15.2 Å². The molecule has 15 heavy (non-hydrogen) atoms. The number of pyridine rings is 1. The van der Waals surface area contributed by atoms with Gasteiger partial charge in [0.1, 0.15) is 10.9 Å². The molecule has 0 aliphatic carbocycles. The molecule has 0 radical (unpaired) electrons. The number of rotatable bonds is 2. The molecule has 2 aromatic rings. The lowest BCUT2D eigenvalue weighted by Gasteiger charge is -1.93. The Morgan fingerprint density at radius 2 is 2.33 bits per heavy atom. The van der Waals surface area contributed by atoms with Gasteiger partial charge in [0.2, 0.25) is 5.89 Å². The Morgan fingerprint density at radius 3 is 2.93 bits per heavy atom. The zero-order valence-electron chi connectivity index (χ0n) is 7.90. The molecule has 2 aromatic heterocycles. The molecule has 6 heteroatoms. The van der Waals surface area contributed by atoms with Crippen LogP contribution in [0.1, 0.15) is 18.2 Å². The predicted molar refractivity (Wildman–Crippen MR) is 54.6 cm³/mol. The number of nitrogens with one attached hydrogen (secondary N) is 1. The highest BCUT2D eigenvalue weighted by Crippen LogP contribution is 2.20. The second-order valence-corrected chi connectivity index (χ2v) is 3.64. The Morgan fingerprint density at radius 1 is 1.53 bits per heavy atom. The van der Waals surface area contributed by atoms with Crippen LogP contribution in [0.4, 0.5) is 0 Å². The van der Waals surface area contributed by atoms with Gasteiger partial charge in [-0.3, -0.25) is 4.79 Å². The van der Waals surface area contributed by atoms with E-state index in [1.807, 2.05) is 0 Å². The van der Waals surface area contributed by atoms with E-state index in [-0.39, 0.29) is 16.7 Å². The summed E-state index contributed by atoms with van der Waals surface area (Å²) in [6.45, 7) is 1.72. The zero-order chi connectivity index (χ0) is 10.8. The van der Waals surface area contributed by atoms with Crippen LogP contribution in [0.25, 0.3) is 11.5 Å². The maximum Gasteiger partial charge on any atom is 0.253 e. The molecule has 0 saturated carbocycles. The van der Waals surface area contributed by atoms with Crippen molar-refractivity contribution in [1.29, 1.82) is 0 Å². The largest absolute Gasteiger partial charge is 0.419 e. The van der Waals surface area contributed by atoms with Gasteiger partial charge in [0, 0.05) is 18.5 Å². The fourth-order valence-electron chi connectivity index (χ4n) is 1.09. The van der Waals surface area contributed by atoms with E-state index in [0.29, 0.717) is 11.5 Å². The monoisotopic (exact) mass is 225 g/mol. The third kappa shape index (κ3) is 1.92. The third-order valence-corrected chi connectivity index (χ3v) is 2.02. The van der Waals surface area contributed by atoms with Crippen LogP contribution in [0.5, 0.6) is 0 Å². The van der Waals surface area contributed by atoms with Crippen LogP contribution >= 0.6 is 11.6 Å². The molecule has 0 aromatic carbocycles. The van der Waals surface area contributed by atoms with Crippen LogP contribution in [0, 0.1) is 0 Å². The number of hydrogen-bond donors (Lipinski definition) is 1. The molecule has 78 valence electrons. The first-order chi connectivity index (χ1) is 7.18. The van der Waals surface area contributed by atoms with Gasteiger partial charge in [-0.05, 0) is 6.92 Å².